The molecule has 0 bridgehead atoms. The van der Waals surface area contributed by atoms with Crippen molar-refractivity contribution in [1.29, 1.82) is 0 Å². The SMILES string of the molecule is CN1CCN(c2ccc(C3CN(C)Cc4c(Cl)cc(Cl)cc43)cc2)CC1.O=C(O)C(F)(F)F. The van der Waals surface area contributed by atoms with E-state index < -0.39 is 12.1 Å². The standard InChI is InChI=1S/C21H25Cl2N3.C2HF3O2/c1-24-7-9-26(10-8-24)17-5-3-15(4-6-17)19-13-25(2)14-20-18(19)11-16(22)12-21(20)23;3-2(4,5)1(6)7/h3-6,11-12,19H,7-10,13-14H2,1-2H3;(H,6,7). The number of fused-ring (bicyclic) bond motifs is 1. The Morgan fingerprint density at radius 3 is 2.12 bits per heavy atom. The Hall–Kier alpha value is -2.00. The van der Waals surface area contributed by atoms with Crippen LogP contribution in [-0.4, -0.2) is 73.9 Å². The molecule has 33 heavy (non-hydrogen) atoms. The first-order valence-corrected chi connectivity index (χ1v) is 11.2. The average Bonchev–Trinajstić information content (AvgIpc) is 2.74. The second-order valence-corrected chi connectivity index (χ2v) is 9.23. The Morgan fingerprint density at radius 2 is 1.58 bits per heavy atom. The number of rotatable bonds is 2. The molecule has 1 N–H and O–H groups in total. The molecule has 0 spiro atoms. The molecule has 10 heteroatoms. The second kappa shape index (κ2) is 10.5. The number of halogens is 5. The fourth-order valence-corrected chi connectivity index (χ4v) is 4.68. The van der Waals surface area contributed by atoms with Gasteiger partial charge in [-0.1, -0.05) is 35.3 Å². The fourth-order valence-electron chi connectivity index (χ4n) is 4.11. The molecule has 1 fully saturated rings. The van der Waals surface area contributed by atoms with Crippen molar-refractivity contribution in [2.45, 2.75) is 18.6 Å². The van der Waals surface area contributed by atoms with Crippen LogP contribution in [0.5, 0.6) is 0 Å². The Bertz CT molecular complexity index is 978. The van der Waals surface area contributed by atoms with E-state index in [9.17, 15) is 13.2 Å². The molecule has 2 aromatic carbocycles. The highest BCUT2D eigenvalue weighted by Crippen LogP contribution is 2.38. The number of carboxylic acid groups (broad SMARTS) is 1. The summed E-state index contributed by atoms with van der Waals surface area (Å²) in [5.41, 5.74) is 5.12. The summed E-state index contributed by atoms with van der Waals surface area (Å²) in [6.45, 7) is 6.30. The summed E-state index contributed by atoms with van der Waals surface area (Å²) in [7, 11) is 4.34. The maximum absolute atomic E-state index is 10.6. The van der Waals surface area contributed by atoms with Crippen molar-refractivity contribution in [3.05, 3.63) is 63.1 Å². The van der Waals surface area contributed by atoms with E-state index in [4.69, 9.17) is 33.1 Å². The predicted molar refractivity (Wildman–Crippen MR) is 124 cm³/mol. The van der Waals surface area contributed by atoms with Gasteiger partial charge in [0, 0.05) is 60.9 Å². The molecule has 2 aromatic rings. The van der Waals surface area contributed by atoms with Crippen LogP contribution in [0.2, 0.25) is 10.0 Å². The van der Waals surface area contributed by atoms with Crippen LogP contribution in [0.25, 0.3) is 0 Å². The monoisotopic (exact) mass is 503 g/mol. The van der Waals surface area contributed by atoms with Crippen LogP contribution >= 0.6 is 23.2 Å². The van der Waals surface area contributed by atoms with Crippen LogP contribution < -0.4 is 4.90 Å². The summed E-state index contributed by atoms with van der Waals surface area (Å²) in [6, 6.07) is 13.0. The first-order chi connectivity index (χ1) is 15.5. The van der Waals surface area contributed by atoms with E-state index in [1.54, 1.807) is 0 Å². The van der Waals surface area contributed by atoms with E-state index >= 15 is 0 Å². The lowest BCUT2D eigenvalue weighted by Gasteiger charge is -2.35. The third-order valence-electron chi connectivity index (χ3n) is 5.90. The molecule has 4 rings (SSSR count). The number of aliphatic carboxylic acids is 1. The van der Waals surface area contributed by atoms with Gasteiger partial charge in [-0.3, -0.25) is 0 Å². The highest BCUT2D eigenvalue weighted by Gasteiger charge is 2.38. The number of nitrogens with zero attached hydrogens (tertiary/aromatic N) is 3. The number of hydrogen-bond acceptors (Lipinski definition) is 4. The lowest BCUT2D eigenvalue weighted by Crippen LogP contribution is -2.44. The van der Waals surface area contributed by atoms with Gasteiger partial charge in [-0.2, -0.15) is 13.2 Å². The topological polar surface area (TPSA) is 47.0 Å². The maximum Gasteiger partial charge on any atom is 0.490 e. The smallest absolute Gasteiger partial charge is 0.475 e. The molecule has 2 aliphatic heterocycles. The van der Waals surface area contributed by atoms with Gasteiger partial charge >= 0.3 is 12.1 Å². The Morgan fingerprint density at radius 1 is 1.00 bits per heavy atom. The van der Waals surface area contributed by atoms with Gasteiger partial charge in [0.15, 0.2) is 0 Å². The zero-order valence-corrected chi connectivity index (χ0v) is 19.9. The molecule has 5 nitrogen and oxygen atoms in total. The molecule has 1 atom stereocenters. The lowest BCUT2D eigenvalue weighted by molar-refractivity contribution is -0.192. The highest BCUT2D eigenvalue weighted by molar-refractivity contribution is 6.35. The van der Waals surface area contributed by atoms with Gasteiger partial charge in [0.25, 0.3) is 0 Å². The predicted octanol–water partition coefficient (Wildman–Crippen LogP) is 4.96. The fraction of sp³-hybridized carbons (Fsp3) is 0.435. The van der Waals surface area contributed by atoms with Gasteiger partial charge in [0.2, 0.25) is 0 Å². The molecule has 1 saturated heterocycles. The van der Waals surface area contributed by atoms with Crippen molar-refractivity contribution in [2.24, 2.45) is 0 Å². The van der Waals surface area contributed by atoms with Gasteiger partial charge in [0.1, 0.15) is 0 Å². The highest BCUT2D eigenvalue weighted by atomic mass is 35.5. The third kappa shape index (κ3) is 6.53. The van der Waals surface area contributed by atoms with Crippen LogP contribution in [-0.2, 0) is 11.3 Å². The quantitative estimate of drug-likeness (QED) is 0.627. The Labute approximate surface area is 201 Å². The van der Waals surface area contributed by atoms with Crippen molar-refractivity contribution < 1.29 is 23.1 Å². The van der Waals surface area contributed by atoms with E-state index in [2.05, 4.69) is 59.1 Å². The molecule has 0 amide bonds. The zero-order valence-electron chi connectivity index (χ0n) is 18.4. The van der Waals surface area contributed by atoms with Crippen molar-refractivity contribution in [1.82, 2.24) is 9.80 Å². The minimum atomic E-state index is -5.08. The number of anilines is 1. The van der Waals surface area contributed by atoms with Gasteiger partial charge in [-0.25, -0.2) is 4.79 Å². The molecule has 0 saturated carbocycles. The number of carbonyl (C=O) groups is 1. The number of carboxylic acids is 1. The third-order valence-corrected chi connectivity index (χ3v) is 6.45. The number of hydrogen-bond donors (Lipinski definition) is 1. The number of alkyl halides is 3. The van der Waals surface area contributed by atoms with Crippen molar-refractivity contribution in [3.63, 3.8) is 0 Å². The summed E-state index contributed by atoms with van der Waals surface area (Å²) >= 11 is 12.8. The molecule has 0 aliphatic carbocycles. The van der Waals surface area contributed by atoms with Gasteiger partial charge in [-0.05, 0) is 55.1 Å². The minimum absolute atomic E-state index is 0.307. The van der Waals surface area contributed by atoms with Gasteiger partial charge < -0.3 is 19.8 Å². The Balaban J connectivity index is 0.000000383. The molecular weight excluding hydrogens is 478 g/mol. The number of piperazine rings is 1. The van der Waals surface area contributed by atoms with Crippen molar-refractivity contribution in [2.75, 3.05) is 51.7 Å². The molecule has 2 aliphatic rings. The first kappa shape index (κ1) is 25.6. The van der Waals surface area contributed by atoms with Crippen LogP contribution in [0.3, 0.4) is 0 Å². The molecule has 180 valence electrons. The summed E-state index contributed by atoms with van der Waals surface area (Å²) < 4.78 is 31.7. The second-order valence-electron chi connectivity index (χ2n) is 8.39. The van der Waals surface area contributed by atoms with Crippen LogP contribution in [0.1, 0.15) is 22.6 Å². The van der Waals surface area contributed by atoms with E-state index in [1.165, 1.54) is 22.4 Å². The van der Waals surface area contributed by atoms with Crippen molar-refractivity contribution in [3.8, 4) is 0 Å². The number of likely N-dealkylation sites (N-methyl/N-ethyl adjacent to an activating group) is 2. The van der Waals surface area contributed by atoms with Crippen LogP contribution in [0, 0.1) is 0 Å². The lowest BCUT2D eigenvalue weighted by atomic mass is 9.84. The zero-order chi connectivity index (χ0) is 24.3. The van der Waals surface area contributed by atoms with E-state index in [1.807, 2.05) is 6.07 Å². The largest absolute Gasteiger partial charge is 0.490 e. The van der Waals surface area contributed by atoms with E-state index in [0.29, 0.717) is 5.92 Å². The number of benzene rings is 2. The summed E-state index contributed by atoms with van der Waals surface area (Å²) in [4.78, 5) is 16.1. The molecule has 0 aromatic heterocycles. The summed E-state index contributed by atoms with van der Waals surface area (Å²) in [6.07, 6.45) is -5.08. The van der Waals surface area contributed by atoms with E-state index in [-0.39, 0.29) is 0 Å². The van der Waals surface area contributed by atoms with Gasteiger partial charge in [0.05, 0.1) is 0 Å². The van der Waals surface area contributed by atoms with Crippen LogP contribution in [0.4, 0.5) is 18.9 Å². The van der Waals surface area contributed by atoms with E-state index in [0.717, 1.165) is 49.3 Å². The average molecular weight is 504 g/mol. The molecule has 0 radical (unpaired) electrons. The van der Waals surface area contributed by atoms with Crippen LogP contribution in [0.15, 0.2) is 36.4 Å². The summed E-state index contributed by atoms with van der Waals surface area (Å²) in [5, 5.41) is 8.62. The molecule has 1 unspecified atom stereocenters. The maximum atomic E-state index is 10.6. The minimum Gasteiger partial charge on any atom is -0.475 e. The first-order valence-electron chi connectivity index (χ1n) is 10.5. The van der Waals surface area contributed by atoms with Crippen molar-refractivity contribution >= 4 is 34.9 Å². The molecular formula is C23H26Cl2F3N3O2. The summed E-state index contributed by atoms with van der Waals surface area (Å²) in [5.74, 6) is -2.45. The van der Waals surface area contributed by atoms with Gasteiger partial charge in [-0.15, -0.1) is 0 Å². The Kier molecular flexibility index (Phi) is 8.16. The molecule has 2 heterocycles. The normalized spacial score (nSPS) is 19.5.